The molecule has 0 saturated carbocycles. The molecule has 14 atom stereocenters. The van der Waals surface area contributed by atoms with Crippen LogP contribution in [0.5, 0.6) is 0 Å². The first-order valence-corrected chi connectivity index (χ1v) is 11.2. The van der Waals surface area contributed by atoms with Crippen LogP contribution in [-0.2, 0) is 18.9 Å². The molecule has 0 aromatic rings. The molecule has 2 saturated heterocycles. The summed E-state index contributed by atoms with van der Waals surface area (Å²) < 4.78 is 21.7. The second kappa shape index (κ2) is 13.1. The van der Waals surface area contributed by atoms with Crippen molar-refractivity contribution in [3.8, 4) is 0 Å². The summed E-state index contributed by atoms with van der Waals surface area (Å²) >= 11 is 0. The minimum atomic E-state index is -1.53. The molecule has 15 N–H and O–H groups in total. The number of rotatable bonds is 12. The fourth-order valence-electron chi connectivity index (χ4n) is 3.79. The molecular weight excluding hydrogens is 460 g/mol. The van der Waals surface area contributed by atoms with Crippen LogP contribution in [0.3, 0.4) is 0 Å². The Morgan fingerprint density at radius 1 is 0.912 bits per heavy atom. The largest absolute Gasteiger partial charge is 0.394 e. The number of hydrogen-bond donors (Lipinski definition) is 11. The van der Waals surface area contributed by atoms with Gasteiger partial charge in [-0.3, -0.25) is 0 Å². The third kappa shape index (κ3) is 7.00. The Kier molecular flexibility index (Phi) is 11.4. The monoisotopic (exact) mass is 500 g/mol. The van der Waals surface area contributed by atoms with Crippen molar-refractivity contribution < 1.29 is 54.7 Å². The number of ether oxygens (including phenoxy) is 4. The molecule has 0 radical (unpaired) electrons. The van der Waals surface area contributed by atoms with Crippen molar-refractivity contribution in [2.24, 2.45) is 22.9 Å². The van der Waals surface area contributed by atoms with E-state index in [9.17, 15) is 30.6 Å². The molecule has 11 unspecified atom stereocenters. The third-order valence-corrected chi connectivity index (χ3v) is 6.23. The second-order valence-electron chi connectivity index (χ2n) is 8.84. The Morgan fingerprint density at radius 3 is 2.12 bits per heavy atom. The Hall–Kier alpha value is -0.600. The first-order valence-electron chi connectivity index (χ1n) is 11.2. The molecule has 0 aromatic heterocycles. The summed E-state index contributed by atoms with van der Waals surface area (Å²) in [7, 11) is 0. The Labute approximate surface area is 197 Å². The third-order valence-electron chi connectivity index (χ3n) is 6.23. The normalized spacial score (nSPS) is 41.1. The van der Waals surface area contributed by atoms with E-state index in [2.05, 4.69) is 0 Å². The van der Waals surface area contributed by atoms with Gasteiger partial charge in [-0.05, 0) is 13.3 Å². The second-order valence-corrected chi connectivity index (χ2v) is 8.84. The molecule has 0 aliphatic carbocycles. The molecule has 0 amide bonds. The Balaban J connectivity index is 1.84. The van der Waals surface area contributed by atoms with E-state index in [0.29, 0.717) is 0 Å². The molecule has 34 heavy (non-hydrogen) atoms. The summed E-state index contributed by atoms with van der Waals surface area (Å²) in [5.41, 5.74) is 23.5. The molecule has 2 heterocycles. The molecule has 2 rings (SSSR count). The lowest BCUT2D eigenvalue weighted by Gasteiger charge is -2.43. The SMILES string of the molecule is C[C@H](OC1OC([C@H](O)CO)C(O)C(O)C1N)C(N)CC(N)[C@@H](O)COC1OC(CN)C(O)C1O. The van der Waals surface area contributed by atoms with E-state index in [1.54, 1.807) is 6.92 Å². The van der Waals surface area contributed by atoms with Gasteiger partial charge in [-0.1, -0.05) is 0 Å². The van der Waals surface area contributed by atoms with E-state index in [0.717, 1.165) is 0 Å². The van der Waals surface area contributed by atoms with Gasteiger partial charge in [-0.2, -0.15) is 0 Å². The highest BCUT2D eigenvalue weighted by molar-refractivity contribution is 4.95. The summed E-state index contributed by atoms with van der Waals surface area (Å²) in [5, 5.41) is 69.1. The minimum absolute atomic E-state index is 0.0169. The summed E-state index contributed by atoms with van der Waals surface area (Å²) in [4.78, 5) is 0. The Morgan fingerprint density at radius 2 is 1.56 bits per heavy atom. The van der Waals surface area contributed by atoms with Crippen LogP contribution in [0.25, 0.3) is 0 Å². The summed E-state index contributed by atoms with van der Waals surface area (Å²) in [6.07, 6.45) is -13.5. The van der Waals surface area contributed by atoms with Crippen molar-refractivity contribution in [2.75, 3.05) is 19.8 Å². The van der Waals surface area contributed by atoms with Gasteiger partial charge in [0.15, 0.2) is 12.6 Å². The van der Waals surface area contributed by atoms with E-state index >= 15 is 0 Å². The van der Waals surface area contributed by atoms with Gasteiger partial charge in [0.05, 0.1) is 31.5 Å². The average molecular weight is 501 g/mol. The van der Waals surface area contributed by atoms with E-state index < -0.39 is 92.2 Å². The van der Waals surface area contributed by atoms with Crippen LogP contribution in [0.1, 0.15) is 13.3 Å². The number of aliphatic hydroxyl groups is 7. The predicted octanol–water partition coefficient (Wildman–Crippen LogP) is -6.65. The molecule has 15 heteroatoms. The van der Waals surface area contributed by atoms with Crippen LogP contribution < -0.4 is 22.9 Å². The van der Waals surface area contributed by atoms with E-state index in [1.807, 2.05) is 0 Å². The molecule has 2 fully saturated rings. The van der Waals surface area contributed by atoms with E-state index in [4.69, 9.17) is 47.0 Å². The van der Waals surface area contributed by atoms with Crippen molar-refractivity contribution in [2.45, 2.75) is 99.0 Å². The van der Waals surface area contributed by atoms with Crippen LogP contribution in [0.2, 0.25) is 0 Å². The van der Waals surface area contributed by atoms with Crippen molar-refractivity contribution in [3.05, 3.63) is 0 Å². The highest BCUT2D eigenvalue weighted by Gasteiger charge is 2.47. The van der Waals surface area contributed by atoms with Crippen LogP contribution in [-0.4, -0.2) is 141 Å². The van der Waals surface area contributed by atoms with E-state index in [1.165, 1.54) is 0 Å². The fraction of sp³-hybridized carbons (Fsp3) is 1.00. The minimum Gasteiger partial charge on any atom is -0.394 e. The zero-order valence-electron chi connectivity index (χ0n) is 19.0. The Bertz CT molecular complexity index is 611. The van der Waals surface area contributed by atoms with Gasteiger partial charge < -0.3 is 77.6 Å². The topological polar surface area (TPSA) is 283 Å². The van der Waals surface area contributed by atoms with Gasteiger partial charge in [0, 0.05) is 18.6 Å². The van der Waals surface area contributed by atoms with Crippen LogP contribution in [0.15, 0.2) is 0 Å². The lowest BCUT2D eigenvalue weighted by atomic mass is 9.94. The van der Waals surface area contributed by atoms with Crippen LogP contribution in [0, 0.1) is 0 Å². The maximum Gasteiger partial charge on any atom is 0.186 e. The molecule has 0 aromatic carbocycles. The molecule has 202 valence electrons. The van der Waals surface area contributed by atoms with Gasteiger partial charge >= 0.3 is 0 Å². The summed E-state index contributed by atoms with van der Waals surface area (Å²) in [6, 6.07) is -2.76. The number of hydrogen-bond acceptors (Lipinski definition) is 15. The fourth-order valence-corrected chi connectivity index (χ4v) is 3.79. The molecular formula is C19H40N4O11. The predicted molar refractivity (Wildman–Crippen MR) is 115 cm³/mol. The van der Waals surface area contributed by atoms with Crippen LogP contribution >= 0.6 is 0 Å². The first-order chi connectivity index (χ1) is 15.9. The standard InChI is InChI=1S/C19H40N4O11/c1-6(32-18-12(23)14(28)15(29)17(34-18)9(25)4-24)7(21)2-8(22)10(26)5-31-19-16(30)13(27)11(3-20)33-19/h6-19,24-30H,2-5,20-23H2,1H3/t6-,7?,8?,9+,10-,11?,12?,13?,14?,15?,16?,17?,18?,19?/m0/s1. The molecule has 2 aliphatic rings. The molecule has 2 aliphatic heterocycles. The molecule has 0 spiro atoms. The molecule has 0 bridgehead atoms. The van der Waals surface area contributed by atoms with Crippen molar-refractivity contribution >= 4 is 0 Å². The van der Waals surface area contributed by atoms with Crippen LogP contribution in [0.4, 0.5) is 0 Å². The summed E-state index contributed by atoms with van der Waals surface area (Å²) in [6.45, 7) is 0.546. The van der Waals surface area contributed by atoms with E-state index in [-0.39, 0.29) is 19.6 Å². The molecule has 15 nitrogen and oxygen atoms in total. The van der Waals surface area contributed by atoms with Crippen molar-refractivity contribution in [1.29, 1.82) is 0 Å². The van der Waals surface area contributed by atoms with Crippen molar-refractivity contribution in [3.63, 3.8) is 0 Å². The van der Waals surface area contributed by atoms with Gasteiger partial charge in [-0.15, -0.1) is 0 Å². The first kappa shape index (κ1) is 29.6. The van der Waals surface area contributed by atoms with Gasteiger partial charge in [0.1, 0.15) is 42.7 Å². The number of aliphatic hydroxyl groups excluding tert-OH is 7. The quantitative estimate of drug-likeness (QED) is 0.119. The lowest BCUT2D eigenvalue weighted by molar-refractivity contribution is -0.290. The average Bonchev–Trinajstić information content (AvgIpc) is 3.09. The number of nitrogens with two attached hydrogens (primary N) is 4. The van der Waals surface area contributed by atoms with Gasteiger partial charge in [-0.25, -0.2) is 0 Å². The van der Waals surface area contributed by atoms with Crippen molar-refractivity contribution in [1.82, 2.24) is 0 Å². The zero-order valence-corrected chi connectivity index (χ0v) is 19.0. The van der Waals surface area contributed by atoms with Gasteiger partial charge in [0.25, 0.3) is 0 Å². The summed E-state index contributed by atoms with van der Waals surface area (Å²) in [5.74, 6) is 0. The smallest absolute Gasteiger partial charge is 0.186 e. The zero-order chi connectivity index (χ0) is 25.7. The van der Waals surface area contributed by atoms with Gasteiger partial charge in [0.2, 0.25) is 0 Å². The maximum atomic E-state index is 10.3. The maximum absolute atomic E-state index is 10.3. The lowest BCUT2D eigenvalue weighted by Crippen LogP contribution is -2.65. The highest BCUT2D eigenvalue weighted by atomic mass is 16.7. The highest BCUT2D eigenvalue weighted by Crippen LogP contribution is 2.25.